The summed E-state index contributed by atoms with van der Waals surface area (Å²) >= 11 is 3.22. The minimum absolute atomic E-state index is 0.103. The second-order valence-electron chi connectivity index (χ2n) is 4.44. The lowest BCUT2D eigenvalue weighted by atomic mass is 10.2. The topological polar surface area (TPSA) is 75.5 Å². The molecule has 0 aliphatic carbocycles. The van der Waals surface area contributed by atoms with E-state index in [4.69, 9.17) is 0 Å². The summed E-state index contributed by atoms with van der Waals surface area (Å²) < 4.78 is 0.535. The van der Waals surface area contributed by atoms with Crippen molar-refractivity contribution in [2.24, 2.45) is 0 Å². The lowest BCUT2D eigenvalue weighted by Gasteiger charge is -2.20. The van der Waals surface area contributed by atoms with Crippen LogP contribution in [0.1, 0.15) is 17.3 Å². The van der Waals surface area contributed by atoms with Crippen LogP contribution in [0.3, 0.4) is 0 Å². The Labute approximate surface area is 120 Å². The molecule has 0 heterocycles. The summed E-state index contributed by atoms with van der Waals surface area (Å²) in [6.45, 7) is 2.45. The molecule has 0 aliphatic rings. The predicted octanol–water partition coefficient (Wildman–Crippen LogP) is 2.04. The maximum atomic E-state index is 12.0. The Balaban J connectivity index is 2.82. The molecular weight excluding hydrogens is 314 g/mol. The summed E-state index contributed by atoms with van der Waals surface area (Å²) in [5.41, 5.74) is 0.161. The van der Waals surface area contributed by atoms with Crippen LogP contribution < -0.4 is 5.32 Å². The van der Waals surface area contributed by atoms with E-state index >= 15 is 0 Å². The Bertz CT molecular complexity index is 491. The summed E-state index contributed by atoms with van der Waals surface area (Å²) in [5, 5.41) is 13.4. The fourth-order valence-electron chi connectivity index (χ4n) is 1.32. The molecule has 104 valence electrons. The average molecular weight is 330 g/mol. The van der Waals surface area contributed by atoms with Crippen LogP contribution in [0, 0.1) is 10.1 Å². The van der Waals surface area contributed by atoms with Gasteiger partial charge in [0, 0.05) is 29.2 Å². The Hall–Kier alpha value is -1.47. The van der Waals surface area contributed by atoms with Crippen LogP contribution in [-0.2, 0) is 0 Å². The van der Waals surface area contributed by atoms with E-state index in [0.29, 0.717) is 11.0 Å². The number of nitro groups is 1. The Kier molecular flexibility index (Phi) is 5.44. The average Bonchev–Trinajstić information content (AvgIpc) is 2.35. The van der Waals surface area contributed by atoms with Gasteiger partial charge in [0.15, 0.2) is 0 Å². The zero-order valence-electron chi connectivity index (χ0n) is 11.0. The maximum Gasteiger partial charge on any atom is 0.270 e. The minimum atomic E-state index is -0.522. The van der Waals surface area contributed by atoms with Gasteiger partial charge in [-0.3, -0.25) is 14.9 Å². The van der Waals surface area contributed by atoms with Crippen LogP contribution in [0.15, 0.2) is 22.7 Å². The Morgan fingerprint density at radius 2 is 2.16 bits per heavy atom. The number of amides is 1. The quantitative estimate of drug-likeness (QED) is 0.662. The molecule has 0 aliphatic heterocycles. The standard InChI is InChI=1S/C12H16BrN3O3/c1-8(15(2)3)7-14-12(17)10-6-9(16(18)19)4-5-11(10)13/h4-6,8H,7H2,1-3H3,(H,14,17). The van der Waals surface area contributed by atoms with Crippen LogP contribution >= 0.6 is 15.9 Å². The highest BCUT2D eigenvalue weighted by Crippen LogP contribution is 2.22. The molecule has 1 aromatic carbocycles. The molecule has 1 atom stereocenters. The van der Waals surface area contributed by atoms with Gasteiger partial charge in [-0.15, -0.1) is 0 Å². The van der Waals surface area contributed by atoms with Crippen molar-refractivity contribution >= 4 is 27.5 Å². The SMILES string of the molecule is CC(CNC(=O)c1cc([N+](=O)[O-])ccc1Br)N(C)C. The van der Waals surface area contributed by atoms with Gasteiger partial charge in [-0.25, -0.2) is 0 Å². The summed E-state index contributed by atoms with van der Waals surface area (Å²) in [5.74, 6) is -0.329. The van der Waals surface area contributed by atoms with Gasteiger partial charge >= 0.3 is 0 Å². The van der Waals surface area contributed by atoms with Crippen molar-refractivity contribution < 1.29 is 9.72 Å². The third-order valence-electron chi connectivity index (χ3n) is 2.84. The third-order valence-corrected chi connectivity index (χ3v) is 3.54. The fraction of sp³-hybridized carbons (Fsp3) is 0.417. The molecule has 0 bridgehead atoms. The van der Waals surface area contributed by atoms with Crippen molar-refractivity contribution in [3.8, 4) is 0 Å². The summed E-state index contributed by atoms with van der Waals surface area (Å²) in [7, 11) is 3.83. The lowest BCUT2D eigenvalue weighted by molar-refractivity contribution is -0.384. The van der Waals surface area contributed by atoms with E-state index in [0.717, 1.165) is 0 Å². The molecule has 1 rings (SSSR count). The molecule has 6 nitrogen and oxygen atoms in total. The van der Waals surface area contributed by atoms with Gasteiger partial charge in [-0.2, -0.15) is 0 Å². The molecule has 1 N–H and O–H groups in total. The first-order chi connectivity index (χ1) is 8.82. The Morgan fingerprint density at radius 3 is 2.68 bits per heavy atom. The van der Waals surface area contributed by atoms with Crippen molar-refractivity contribution in [2.75, 3.05) is 20.6 Å². The van der Waals surface area contributed by atoms with Gasteiger partial charge in [0.05, 0.1) is 10.5 Å². The molecule has 0 aromatic heterocycles. The van der Waals surface area contributed by atoms with E-state index in [-0.39, 0.29) is 23.2 Å². The number of likely N-dealkylation sites (N-methyl/N-ethyl adjacent to an activating group) is 1. The number of hydrogen-bond donors (Lipinski definition) is 1. The second-order valence-corrected chi connectivity index (χ2v) is 5.30. The van der Waals surface area contributed by atoms with Crippen molar-refractivity contribution in [1.82, 2.24) is 10.2 Å². The van der Waals surface area contributed by atoms with Crippen LogP contribution in [0.25, 0.3) is 0 Å². The molecule has 1 aromatic rings. The van der Waals surface area contributed by atoms with Gasteiger partial charge in [0.25, 0.3) is 11.6 Å². The number of nitro benzene ring substituents is 1. The van der Waals surface area contributed by atoms with Crippen LogP contribution in [-0.4, -0.2) is 42.4 Å². The zero-order valence-corrected chi connectivity index (χ0v) is 12.6. The van der Waals surface area contributed by atoms with Gasteiger partial charge in [0.1, 0.15) is 0 Å². The van der Waals surface area contributed by atoms with Gasteiger partial charge in [0.2, 0.25) is 0 Å². The number of rotatable bonds is 5. The van der Waals surface area contributed by atoms with Crippen molar-refractivity contribution in [3.05, 3.63) is 38.3 Å². The number of nitrogens with zero attached hydrogens (tertiary/aromatic N) is 2. The monoisotopic (exact) mass is 329 g/mol. The lowest BCUT2D eigenvalue weighted by Crippen LogP contribution is -2.38. The van der Waals surface area contributed by atoms with Crippen LogP contribution in [0.5, 0.6) is 0 Å². The number of hydrogen-bond acceptors (Lipinski definition) is 4. The minimum Gasteiger partial charge on any atom is -0.350 e. The van der Waals surface area contributed by atoms with Crippen LogP contribution in [0.2, 0.25) is 0 Å². The first-order valence-corrected chi connectivity index (χ1v) is 6.50. The zero-order chi connectivity index (χ0) is 14.6. The number of nitrogens with one attached hydrogen (secondary N) is 1. The van der Waals surface area contributed by atoms with Crippen molar-refractivity contribution in [3.63, 3.8) is 0 Å². The largest absolute Gasteiger partial charge is 0.350 e. The number of halogens is 1. The molecule has 7 heteroatoms. The summed E-state index contributed by atoms with van der Waals surface area (Å²) in [6, 6.07) is 4.30. The maximum absolute atomic E-state index is 12.0. The molecule has 0 saturated carbocycles. The first-order valence-electron chi connectivity index (χ1n) is 5.71. The number of carbonyl (C=O) groups excluding carboxylic acids is 1. The molecule has 19 heavy (non-hydrogen) atoms. The van der Waals surface area contributed by atoms with Gasteiger partial charge < -0.3 is 10.2 Å². The van der Waals surface area contributed by atoms with E-state index in [2.05, 4.69) is 21.2 Å². The van der Waals surface area contributed by atoms with E-state index in [9.17, 15) is 14.9 Å². The smallest absolute Gasteiger partial charge is 0.270 e. The summed E-state index contributed by atoms with van der Waals surface area (Å²) in [4.78, 5) is 24.1. The normalized spacial score (nSPS) is 12.3. The number of benzene rings is 1. The van der Waals surface area contributed by atoms with Crippen LogP contribution in [0.4, 0.5) is 5.69 Å². The Morgan fingerprint density at radius 1 is 1.53 bits per heavy atom. The highest BCUT2D eigenvalue weighted by Gasteiger charge is 2.16. The molecule has 1 unspecified atom stereocenters. The fourth-order valence-corrected chi connectivity index (χ4v) is 1.75. The first kappa shape index (κ1) is 15.6. The summed E-state index contributed by atoms with van der Waals surface area (Å²) in [6.07, 6.45) is 0. The predicted molar refractivity (Wildman–Crippen MR) is 76.3 cm³/mol. The molecule has 0 radical (unpaired) electrons. The van der Waals surface area contributed by atoms with Gasteiger partial charge in [-0.05, 0) is 43.0 Å². The molecule has 0 spiro atoms. The van der Waals surface area contributed by atoms with Crippen molar-refractivity contribution in [2.45, 2.75) is 13.0 Å². The van der Waals surface area contributed by atoms with E-state index in [1.54, 1.807) is 0 Å². The van der Waals surface area contributed by atoms with E-state index in [1.807, 2.05) is 25.9 Å². The molecule has 0 fully saturated rings. The molecular formula is C12H16BrN3O3. The van der Waals surface area contributed by atoms with E-state index in [1.165, 1.54) is 18.2 Å². The van der Waals surface area contributed by atoms with Gasteiger partial charge in [-0.1, -0.05) is 0 Å². The highest BCUT2D eigenvalue weighted by atomic mass is 79.9. The molecule has 0 saturated heterocycles. The number of carbonyl (C=O) groups is 1. The third kappa shape index (κ3) is 4.29. The second kappa shape index (κ2) is 6.63. The molecule has 1 amide bonds. The highest BCUT2D eigenvalue weighted by molar-refractivity contribution is 9.10. The van der Waals surface area contributed by atoms with E-state index < -0.39 is 4.92 Å². The van der Waals surface area contributed by atoms with Crippen molar-refractivity contribution in [1.29, 1.82) is 0 Å². The number of non-ortho nitro benzene ring substituents is 1.